The first kappa shape index (κ1) is 13.2. The molecule has 0 amide bonds. The minimum atomic E-state index is -4.46. The molecule has 2 fully saturated rings. The lowest BCUT2D eigenvalue weighted by Gasteiger charge is -2.35. The van der Waals surface area contributed by atoms with Crippen molar-refractivity contribution in [3.8, 4) is 0 Å². The van der Waals surface area contributed by atoms with Crippen molar-refractivity contribution in [3.05, 3.63) is 0 Å². The predicted molar refractivity (Wildman–Crippen MR) is 59.5 cm³/mol. The van der Waals surface area contributed by atoms with Gasteiger partial charge in [-0.15, -0.1) is 13.2 Å². The Hall–Kier alpha value is -0.250. The molecule has 0 atom stereocenters. The first-order valence-electron chi connectivity index (χ1n) is 6.79. The molecular weight excluding hydrogens is 229 g/mol. The maximum Gasteiger partial charge on any atom is 0.522 e. The summed E-state index contributed by atoms with van der Waals surface area (Å²) in [5, 5.41) is 0. The zero-order valence-corrected chi connectivity index (χ0v) is 10.1. The summed E-state index contributed by atoms with van der Waals surface area (Å²) in [7, 11) is 0. The molecule has 0 aromatic rings. The van der Waals surface area contributed by atoms with Gasteiger partial charge in [-0.2, -0.15) is 0 Å². The molecule has 2 aliphatic carbocycles. The summed E-state index contributed by atoms with van der Waals surface area (Å²) in [5.41, 5.74) is 0. The van der Waals surface area contributed by atoms with Crippen molar-refractivity contribution in [2.45, 2.75) is 70.3 Å². The number of hydrogen-bond donors (Lipinski definition) is 0. The molecule has 2 rings (SSSR count). The lowest BCUT2D eigenvalue weighted by atomic mass is 9.73. The molecule has 0 aromatic heterocycles. The average Bonchev–Trinajstić information content (AvgIpc) is 2.29. The molecule has 100 valence electrons. The first-order valence-corrected chi connectivity index (χ1v) is 6.79. The quantitative estimate of drug-likeness (QED) is 0.692. The Labute approximate surface area is 101 Å². The number of rotatable bonds is 2. The molecule has 0 bridgehead atoms. The van der Waals surface area contributed by atoms with Crippen LogP contribution in [0.25, 0.3) is 0 Å². The minimum absolute atomic E-state index is 0.584. The summed E-state index contributed by atoms with van der Waals surface area (Å²) < 4.78 is 40.3. The second-order valence-corrected chi connectivity index (χ2v) is 5.50. The molecule has 0 aliphatic heterocycles. The van der Waals surface area contributed by atoms with Crippen LogP contribution in [0.1, 0.15) is 57.8 Å². The van der Waals surface area contributed by atoms with Crippen molar-refractivity contribution in [1.82, 2.24) is 0 Å². The van der Waals surface area contributed by atoms with Crippen LogP contribution in [0, 0.1) is 11.8 Å². The topological polar surface area (TPSA) is 9.23 Å². The van der Waals surface area contributed by atoms with Crippen LogP contribution in [0.2, 0.25) is 0 Å². The van der Waals surface area contributed by atoms with E-state index >= 15 is 0 Å². The number of alkyl halides is 3. The Morgan fingerprint density at radius 3 is 1.76 bits per heavy atom. The molecule has 2 aliphatic rings. The summed E-state index contributed by atoms with van der Waals surface area (Å²) in [6.07, 6.45) is 4.50. The Balaban J connectivity index is 1.73. The van der Waals surface area contributed by atoms with Gasteiger partial charge in [0.15, 0.2) is 0 Å². The van der Waals surface area contributed by atoms with Crippen molar-refractivity contribution in [3.63, 3.8) is 0 Å². The van der Waals surface area contributed by atoms with E-state index in [9.17, 15) is 13.2 Å². The monoisotopic (exact) mass is 250 g/mol. The van der Waals surface area contributed by atoms with Crippen molar-refractivity contribution in [2.75, 3.05) is 0 Å². The molecule has 0 N–H and O–H groups in total. The highest BCUT2D eigenvalue weighted by Crippen LogP contribution is 2.39. The van der Waals surface area contributed by atoms with Crippen LogP contribution in [0.3, 0.4) is 0 Å². The Bertz CT molecular complexity index is 225. The van der Waals surface area contributed by atoms with Crippen LogP contribution in [0.5, 0.6) is 0 Å². The van der Waals surface area contributed by atoms with Gasteiger partial charge in [-0.3, -0.25) is 4.74 Å². The SMILES string of the molecule is FC(F)(F)OC1CCC(C2CCCCC2)CC1. The van der Waals surface area contributed by atoms with Crippen molar-refractivity contribution < 1.29 is 17.9 Å². The fraction of sp³-hybridized carbons (Fsp3) is 1.00. The van der Waals surface area contributed by atoms with Crippen LogP contribution in [-0.4, -0.2) is 12.5 Å². The number of ether oxygens (including phenoxy) is 1. The molecule has 0 spiro atoms. The van der Waals surface area contributed by atoms with Crippen LogP contribution < -0.4 is 0 Å². The third-order valence-corrected chi connectivity index (χ3v) is 4.34. The van der Waals surface area contributed by atoms with Gasteiger partial charge in [0, 0.05) is 0 Å². The van der Waals surface area contributed by atoms with E-state index < -0.39 is 12.5 Å². The average molecular weight is 250 g/mol. The van der Waals surface area contributed by atoms with Gasteiger partial charge in [0.25, 0.3) is 0 Å². The molecule has 1 nitrogen and oxygen atoms in total. The maximum atomic E-state index is 12.1. The van der Waals surface area contributed by atoms with E-state index in [1.54, 1.807) is 0 Å². The minimum Gasteiger partial charge on any atom is -0.289 e. The Morgan fingerprint density at radius 2 is 1.24 bits per heavy atom. The van der Waals surface area contributed by atoms with E-state index in [2.05, 4.69) is 4.74 Å². The van der Waals surface area contributed by atoms with Crippen molar-refractivity contribution >= 4 is 0 Å². The molecule has 0 saturated heterocycles. The molecule has 0 aromatic carbocycles. The summed E-state index contributed by atoms with van der Waals surface area (Å²) >= 11 is 0. The normalized spacial score (nSPS) is 32.6. The van der Waals surface area contributed by atoms with Gasteiger partial charge in [-0.05, 0) is 37.5 Å². The predicted octanol–water partition coefficient (Wildman–Crippen LogP) is 4.66. The van der Waals surface area contributed by atoms with Gasteiger partial charge >= 0.3 is 6.36 Å². The zero-order chi connectivity index (χ0) is 12.3. The lowest BCUT2D eigenvalue weighted by molar-refractivity contribution is -0.346. The van der Waals surface area contributed by atoms with Gasteiger partial charge < -0.3 is 0 Å². The van der Waals surface area contributed by atoms with Crippen LogP contribution in [0.4, 0.5) is 13.2 Å². The number of halogens is 3. The highest BCUT2D eigenvalue weighted by Gasteiger charge is 2.36. The number of hydrogen-bond acceptors (Lipinski definition) is 1. The first-order chi connectivity index (χ1) is 8.04. The van der Waals surface area contributed by atoms with Gasteiger partial charge in [0.2, 0.25) is 0 Å². The van der Waals surface area contributed by atoms with Crippen molar-refractivity contribution in [2.24, 2.45) is 11.8 Å². The van der Waals surface area contributed by atoms with E-state index in [-0.39, 0.29) is 0 Å². The molecular formula is C13H21F3O. The van der Waals surface area contributed by atoms with Crippen LogP contribution >= 0.6 is 0 Å². The largest absolute Gasteiger partial charge is 0.522 e. The highest BCUT2D eigenvalue weighted by molar-refractivity contribution is 4.80. The van der Waals surface area contributed by atoms with Crippen molar-refractivity contribution in [1.29, 1.82) is 0 Å². The van der Waals surface area contributed by atoms with E-state index in [0.717, 1.165) is 18.8 Å². The van der Waals surface area contributed by atoms with E-state index in [1.807, 2.05) is 0 Å². The third-order valence-electron chi connectivity index (χ3n) is 4.34. The van der Waals surface area contributed by atoms with Gasteiger partial charge in [0.1, 0.15) is 0 Å². The Kier molecular flexibility index (Phi) is 4.34. The molecule has 0 heterocycles. The lowest BCUT2D eigenvalue weighted by Crippen LogP contribution is -2.31. The zero-order valence-electron chi connectivity index (χ0n) is 10.1. The molecule has 4 heteroatoms. The Morgan fingerprint density at radius 1 is 0.706 bits per heavy atom. The summed E-state index contributed by atoms with van der Waals surface area (Å²) in [6, 6.07) is 0. The second-order valence-electron chi connectivity index (χ2n) is 5.50. The standard InChI is InChI=1S/C13H21F3O/c14-13(15,16)17-12-8-6-11(7-9-12)10-4-2-1-3-5-10/h10-12H,1-9H2. The van der Waals surface area contributed by atoms with Gasteiger partial charge in [-0.1, -0.05) is 32.1 Å². The summed E-state index contributed by atoms with van der Waals surface area (Å²) in [5.74, 6) is 1.43. The summed E-state index contributed by atoms with van der Waals surface area (Å²) in [4.78, 5) is 0. The smallest absolute Gasteiger partial charge is 0.289 e. The second kappa shape index (κ2) is 5.59. The van der Waals surface area contributed by atoms with E-state index in [4.69, 9.17) is 0 Å². The highest BCUT2D eigenvalue weighted by atomic mass is 19.4. The van der Waals surface area contributed by atoms with Gasteiger partial charge in [0.05, 0.1) is 6.10 Å². The molecule has 17 heavy (non-hydrogen) atoms. The molecule has 2 saturated carbocycles. The maximum absolute atomic E-state index is 12.1. The molecule has 0 unspecified atom stereocenters. The fourth-order valence-electron chi connectivity index (χ4n) is 3.47. The fourth-order valence-corrected chi connectivity index (χ4v) is 3.47. The van der Waals surface area contributed by atoms with Crippen LogP contribution in [0.15, 0.2) is 0 Å². The third kappa shape index (κ3) is 4.16. The summed E-state index contributed by atoms with van der Waals surface area (Å²) in [6.45, 7) is 0. The van der Waals surface area contributed by atoms with E-state index in [1.165, 1.54) is 32.1 Å². The van der Waals surface area contributed by atoms with E-state index in [0.29, 0.717) is 18.8 Å². The molecule has 0 radical (unpaired) electrons. The van der Waals surface area contributed by atoms with Gasteiger partial charge in [-0.25, -0.2) is 0 Å². The van der Waals surface area contributed by atoms with Crippen LogP contribution in [-0.2, 0) is 4.74 Å².